The van der Waals surface area contributed by atoms with E-state index in [0.717, 1.165) is 24.9 Å². The normalized spacial score (nSPS) is 15.1. The number of anilines is 1. The predicted molar refractivity (Wildman–Crippen MR) is 97.0 cm³/mol. The molecular weight excluding hydrogens is 357 g/mol. The molecule has 0 spiro atoms. The van der Waals surface area contributed by atoms with Gasteiger partial charge in [0.25, 0.3) is 0 Å². The molecule has 23 heavy (non-hydrogen) atoms. The van der Waals surface area contributed by atoms with Crippen LogP contribution in [0.15, 0.2) is 18.2 Å². The van der Waals surface area contributed by atoms with Gasteiger partial charge in [-0.3, -0.25) is 5.01 Å². The van der Waals surface area contributed by atoms with Gasteiger partial charge in [-0.25, -0.2) is 9.80 Å². The van der Waals surface area contributed by atoms with E-state index >= 15 is 0 Å². The van der Waals surface area contributed by atoms with Crippen LogP contribution in [0.5, 0.6) is 0 Å². The first kappa shape index (κ1) is 18.1. The van der Waals surface area contributed by atoms with E-state index in [4.69, 9.17) is 40.2 Å². The molecule has 126 valence electrons. The lowest BCUT2D eigenvalue weighted by Crippen LogP contribution is -2.51. The molecule has 1 aliphatic rings. The highest BCUT2D eigenvalue weighted by Crippen LogP contribution is 2.25. The summed E-state index contributed by atoms with van der Waals surface area (Å²) in [4.78, 5) is 12.2. The maximum Gasteiger partial charge on any atom is 0.428 e. The van der Waals surface area contributed by atoms with E-state index in [2.05, 4.69) is 5.32 Å². The third-order valence-corrected chi connectivity index (χ3v) is 4.47. The summed E-state index contributed by atoms with van der Waals surface area (Å²) in [5, 5.41) is 7.76. The number of benzene rings is 1. The number of ether oxygens (including phenoxy) is 1. The molecular formula is C15H19Cl2N3O2S. The van der Waals surface area contributed by atoms with Crippen molar-refractivity contribution in [1.29, 1.82) is 0 Å². The zero-order chi connectivity index (χ0) is 16.8. The average Bonchev–Trinajstić information content (AvgIpc) is 2.77. The topological polar surface area (TPSA) is 44.8 Å². The lowest BCUT2D eigenvalue weighted by molar-refractivity contribution is 0.0332. The van der Waals surface area contributed by atoms with Gasteiger partial charge in [0.05, 0.1) is 16.7 Å². The molecule has 1 amide bonds. The Morgan fingerprint density at radius 3 is 2.57 bits per heavy atom. The molecule has 0 aromatic heterocycles. The molecule has 0 radical (unpaired) electrons. The lowest BCUT2D eigenvalue weighted by atomic mass is 10.2. The van der Waals surface area contributed by atoms with Gasteiger partial charge in [0.15, 0.2) is 5.11 Å². The molecule has 0 unspecified atom stereocenters. The van der Waals surface area contributed by atoms with Crippen LogP contribution in [0.4, 0.5) is 10.5 Å². The van der Waals surface area contributed by atoms with Crippen LogP contribution in [-0.4, -0.2) is 40.9 Å². The third-order valence-electron chi connectivity index (χ3n) is 3.42. The highest BCUT2D eigenvalue weighted by atomic mass is 35.5. The van der Waals surface area contributed by atoms with Gasteiger partial charge < -0.3 is 10.1 Å². The molecule has 1 saturated heterocycles. The van der Waals surface area contributed by atoms with E-state index in [1.54, 1.807) is 35.1 Å². The largest absolute Gasteiger partial charge is 0.448 e. The van der Waals surface area contributed by atoms with Crippen molar-refractivity contribution in [1.82, 2.24) is 10.0 Å². The van der Waals surface area contributed by atoms with Crippen LogP contribution in [0.25, 0.3) is 0 Å². The second kappa shape index (κ2) is 8.57. The molecule has 2 rings (SSSR count). The summed E-state index contributed by atoms with van der Waals surface area (Å²) >= 11 is 17.4. The van der Waals surface area contributed by atoms with Crippen LogP contribution in [0.1, 0.15) is 26.2 Å². The van der Waals surface area contributed by atoms with Crippen LogP contribution >= 0.6 is 35.4 Å². The van der Waals surface area contributed by atoms with Gasteiger partial charge in [-0.2, -0.15) is 0 Å². The van der Waals surface area contributed by atoms with E-state index in [9.17, 15) is 4.79 Å². The van der Waals surface area contributed by atoms with Crippen molar-refractivity contribution in [3.8, 4) is 0 Å². The average molecular weight is 376 g/mol. The molecule has 1 aromatic carbocycles. The number of hydrogen-bond donors (Lipinski definition) is 1. The van der Waals surface area contributed by atoms with Gasteiger partial charge in [0.2, 0.25) is 0 Å². The Hall–Kier alpha value is -1.24. The second-order valence-corrected chi connectivity index (χ2v) is 6.27. The Morgan fingerprint density at radius 2 is 1.91 bits per heavy atom. The maximum atomic E-state index is 12.2. The first-order valence-corrected chi connectivity index (χ1v) is 8.67. The molecule has 1 N–H and O–H groups in total. The molecule has 0 saturated carbocycles. The Bertz CT molecular complexity index is 586. The van der Waals surface area contributed by atoms with Gasteiger partial charge in [0, 0.05) is 18.8 Å². The number of hydrogen-bond acceptors (Lipinski definition) is 3. The Labute approximate surface area is 151 Å². The molecule has 1 heterocycles. The standard InChI is InChI=1S/C15H19Cl2N3O2S/c1-2-22-15(21)20-9-5-3-4-8-19(20)14(23)18-11-6-7-12(16)13(17)10-11/h6-7,10H,2-5,8-9H2,1H3,(H,18,23). The van der Waals surface area contributed by atoms with Crippen LogP contribution in [0.2, 0.25) is 10.0 Å². The quantitative estimate of drug-likeness (QED) is 0.768. The Morgan fingerprint density at radius 1 is 1.22 bits per heavy atom. The minimum absolute atomic E-state index is 0.330. The minimum atomic E-state index is -0.382. The SMILES string of the molecule is CCOC(=O)N1CCCCCN1C(=S)Nc1ccc(Cl)c(Cl)c1. The zero-order valence-corrected chi connectivity index (χ0v) is 15.2. The van der Waals surface area contributed by atoms with Gasteiger partial charge in [-0.15, -0.1) is 0 Å². The van der Waals surface area contributed by atoms with Crippen molar-refractivity contribution in [3.63, 3.8) is 0 Å². The second-order valence-electron chi connectivity index (χ2n) is 5.06. The maximum absolute atomic E-state index is 12.2. The number of carbonyl (C=O) groups is 1. The van der Waals surface area contributed by atoms with Crippen LogP contribution in [0.3, 0.4) is 0 Å². The number of nitrogens with zero attached hydrogens (tertiary/aromatic N) is 2. The van der Waals surface area contributed by atoms with Crippen molar-refractivity contribution >= 4 is 52.3 Å². The summed E-state index contributed by atoms with van der Waals surface area (Å²) in [5.74, 6) is 0. The molecule has 1 aromatic rings. The van der Waals surface area contributed by atoms with E-state index in [1.807, 2.05) is 0 Å². The summed E-state index contributed by atoms with van der Waals surface area (Å²) in [6, 6.07) is 5.18. The van der Waals surface area contributed by atoms with Gasteiger partial charge in [0.1, 0.15) is 0 Å². The van der Waals surface area contributed by atoms with Crippen LogP contribution in [0, 0.1) is 0 Å². The first-order chi connectivity index (χ1) is 11.0. The summed E-state index contributed by atoms with van der Waals surface area (Å²) in [6.07, 6.45) is 2.54. The van der Waals surface area contributed by atoms with Crippen LogP contribution < -0.4 is 5.32 Å². The Kier molecular flexibility index (Phi) is 6.74. The molecule has 8 heteroatoms. The summed E-state index contributed by atoms with van der Waals surface area (Å²) in [7, 11) is 0. The van der Waals surface area contributed by atoms with E-state index in [0.29, 0.717) is 34.9 Å². The fourth-order valence-electron chi connectivity index (χ4n) is 2.30. The van der Waals surface area contributed by atoms with E-state index < -0.39 is 0 Å². The summed E-state index contributed by atoms with van der Waals surface area (Å²) in [6.45, 7) is 3.36. The highest BCUT2D eigenvalue weighted by molar-refractivity contribution is 7.80. The van der Waals surface area contributed by atoms with Gasteiger partial charge in [-0.05, 0) is 56.6 Å². The summed E-state index contributed by atoms with van der Waals surface area (Å²) in [5.41, 5.74) is 0.720. The number of thiocarbonyl (C=S) groups is 1. The number of carbonyl (C=O) groups excluding carboxylic acids is 1. The zero-order valence-electron chi connectivity index (χ0n) is 12.8. The van der Waals surface area contributed by atoms with E-state index in [-0.39, 0.29) is 6.09 Å². The number of amides is 1. The minimum Gasteiger partial charge on any atom is -0.448 e. The molecule has 0 atom stereocenters. The first-order valence-electron chi connectivity index (χ1n) is 7.50. The van der Waals surface area contributed by atoms with Crippen molar-refractivity contribution in [2.75, 3.05) is 25.0 Å². The number of rotatable bonds is 2. The van der Waals surface area contributed by atoms with Crippen molar-refractivity contribution in [2.45, 2.75) is 26.2 Å². The smallest absolute Gasteiger partial charge is 0.428 e. The third kappa shape index (κ3) is 4.86. The van der Waals surface area contributed by atoms with Crippen LogP contribution in [-0.2, 0) is 4.74 Å². The molecule has 5 nitrogen and oxygen atoms in total. The monoisotopic (exact) mass is 375 g/mol. The number of halogens is 2. The fraction of sp³-hybridized carbons (Fsp3) is 0.467. The number of hydrazine groups is 1. The molecule has 1 aliphatic heterocycles. The molecule has 0 bridgehead atoms. The number of nitrogens with one attached hydrogen (secondary N) is 1. The fourth-order valence-corrected chi connectivity index (χ4v) is 2.91. The van der Waals surface area contributed by atoms with Crippen molar-refractivity contribution < 1.29 is 9.53 Å². The predicted octanol–water partition coefficient (Wildman–Crippen LogP) is 4.55. The highest BCUT2D eigenvalue weighted by Gasteiger charge is 2.26. The van der Waals surface area contributed by atoms with E-state index in [1.165, 1.54) is 0 Å². The van der Waals surface area contributed by atoms with Gasteiger partial charge in [-0.1, -0.05) is 23.2 Å². The molecule has 1 fully saturated rings. The summed E-state index contributed by atoms with van der Waals surface area (Å²) < 4.78 is 5.12. The van der Waals surface area contributed by atoms with Gasteiger partial charge >= 0.3 is 6.09 Å². The van der Waals surface area contributed by atoms with Crippen molar-refractivity contribution in [3.05, 3.63) is 28.2 Å². The Balaban J connectivity index is 2.12. The van der Waals surface area contributed by atoms with Crippen molar-refractivity contribution in [2.24, 2.45) is 0 Å². The lowest BCUT2D eigenvalue weighted by Gasteiger charge is -2.34. The molecule has 0 aliphatic carbocycles.